The molecule has 4 nitrogen and oxygen atoms in total. The van der Waals surface area contributed by atoms with Crippen LogP contribution in [0.3, 0.4) is 0 Å². The molecule has 25 heavy (non-hydrogen) atoms. The van der Waals surface area contributed by atoms with Crippen molar-refractivity contribution in [3.05, 3.63) is 52.4 Å². The summed E-state index contributed by atoms with van der Waals surface area (Å²) in [6.07, 6.45) is 5.14. The Morgan fingerprint density at radius 3 is 2.48 bits per heavy atom. The van der Waals surface area contributed by atoms with Crippen molar-refractivity contribution in [1.82, 2.24) is 0 Å². The normalized spacial score (nSPS) is 15.6. The molecule has 0 amide bonds. The van der Waals surface area contributed by atoms with Gasteiger partial charge in [-0.15, -0.1) is 0 Å². The first-order valence-corrected chi connectivity index (χ1v) is 8.82. The molecule has 0 saturated heterocycles. The fourth-order valence-corrected chi connectivity index (χ4v) is 3.70. The van der Waals surface area contributed by atoms with E-state index in [-0.39, 0.29) is 17.5 Å². The molecule has 2 aromatic carbocycles. The van der Waals surface area contributed by atoms with Gasteiger partial charge in [-0.05, 0) is 43.4 Å². The van der Waals surface area contributed by atoms with Gasteiger partial charge in [-0.2, -0.15) is 0 Å². The highest BCUT2D eigenvalue weighted by atomic mass is 16.5. The fraction of sp³-hybridized carbons (Fsp3) is 0.333. The minimum absolute atomic E-state index is 0.0209. The lowest BCUT2D eigenvalue weighted by molar-refractivity contribution is -0.140. The lowest BCUT2D eigenvalue weighted by atomic mass is 9.89. The summed E-state index contributed by atoms with van der Waals surface area (Å²) >= 11 is 0. The molecular formula is C21H20O4. The number of fused-ring (bicyclic) bond motifs is 3. The first kappa shape index (κ1) is 15.9. The minimum atomic E-state index is -0.373. The van der Waals surface area contributed by atoms with Gasteiger partial charge in [0.1, 0.15) is 11.3 Å². The molecule has 0 atom stereocenters. The Morgan fingerprint density at radius 1 is 1.00 bits per heavy atom. The largest absolute Gasteiger partial charge is 0.426 e. The van der Waals surface area contributed by atoms with E-state index >= 15 is 0 Å². The van der Waals surface area contributed by atoms with Crippen molar-refractivity contribution in [1.29, 1.82) is 0 Å². The number of ether oxygens (including phenoxy) is 1. The maximum atomic E-state index is 12.4. The second-order valence-corrected chi connectivity index (χ2v) is 6.76. The smallest absolute Gasteiger partial charge is 0.344 e. The molecular weight excluding hydrogens is 316 g/mol. The molecule has 0 radical (unpaired) electrons. The highest BCUT2D eigenvalue weighted by Crippen LogP contribution is 2.32. The zero-order chi connectivity index (χ0) is 17.4. The van der Waals surface area contributed by atoms with Gasteiger partial charge >= 0.3 is 11.6 Å². The summed E-state index contributed by atoms with van der Waals surface area (Å²) in [5.74, 6) is 0.277. The van der Waals surface area contributed by atoms with Crippen LogP contribution in [0.15, 0.2) is 45.6 Å². The van der Waals surface area contributed by atoms with Crippen LogP contribution in [0.2, 0.25) is 0 Å². The number of carbonyl (C=O) groups excluding carboxylic acids is 1. The number of hydrogen-bond acceptors (Lipinski definition) is 4. The first-order valence-electron chi connectivity index (χ1n) is 8.82. The molecule has 128 valence electrons. The summed E-state index contributed by atoms with van der Waals surface area (Å²) in [5, 5.41) is 2.26. The lowest BCUT2D eigenvalue weighted by Gasteiger charge is -2.20. The van der Waals surface area contributed by atoms with E-state index in [2.05, 4.69) is 0 Å². The molecule has 1 aliphatic rings. The second kappa shape index (κ2) is 6.36. The Kier molecular flexibility index (Phi) is 4.04. The van der Waals surface area contributed by atoms with Gasteiger partial charge in [0, 0.05) is 10.9 Å². The molecule has 0 aliphatic heterocycles. The Bertz CT molecular complexity index is 1010. The van der Waals surface area contributed by atoms with Crippen LogP contribution in [0.4, 0.5) is 0 Å². The van der Waals surface area contributed by atoms with Gasteiger partial charge in [0.2, 0.25) is 0 Å². The lowest BCUT2D eigenvalue weighted by Crippen LogP contribution is -2.23. The maximum absolute atomic E-state index is 12.4. The zero-order valence-corrected chi connectivity index (χ0v) is 14.2. The van der Waals surface area contributed by atoms with Gasteiger partial charge in [-0.1, -0.05) is 37.5 Å². The van der Waals surface area contributed by atoms with Crippen LogP contribution in [0.1, 0.15) is 37.7 Å². The van der Waals surface area contributed by atoms with E-state index in [1.165, 1.54) is 6.42 Å². The second-order valence-electron chi connectivity index (χ2n) is 6.76. The molecule has 1 aromatic heterocycles. The third-order valence-corrected chi connectivity index (χ3v) is 5.14. The maximum Gasteiger partial charge on any atom is 0.344 e. The quantitative estimate of drug-likeness (QED) is 0.293. The van der Waals surface area contributed by atoms with E-state index in [1.807, 2.05) is 31.2 Å². The zero-order valence-electron chi connectivity index (χ0n) is 14.2. The predicted molar refractivity (Wildman–Crippen MR) is 96.9 cm³/mol. The SMILES string of the molecule is Cc1c(OC(=O)C2CCCCC2)ccc2c1oc(=O)c1ccccc12. The van der Waals surface area contributed by atoms with Crippen molar-refractivity contribution in [2.45, 2.75) is 39.0 Å². The minimum Gasteiger partial charge on any atom is -0.426 e. The number of aryl methyl sites for hydroxylation is 1. The summed E-state index contributed by atoms with van der Waals surface area (Å²) in [7, 11) is 0. The highest BCUT2D eigenvalue weighted by Gasteiger charge is 2.24. The van der Waals surface area contributed by atoms with Gasteiger partial charge in [0.25, 0.3) is 0 Å². The van der Waals surface area contributed by atoms with Crippen molar-refractivity contribution in [2.75, 3.05) is 0 Å². The third-order valence-electron chi connectivity index (χ3n) is 5.14. The van der Waals surface area contributed by atoms with Crippen LogP contribution < -0.4 is 10.4 Å². The molecule has 0 spiro atoms. The summed E-state index contributed by atoms with van der Waals surface area (Å²) in [4.78, 5) is 24.7. The average molecular weight is 336 g/mol. The van der Waals surface area contributed by atoms with E-state index < -0.39 is 0 Å². The van der Waals surface area contributed by atoms with Crippen molar-refractivity contribution < 1.29 is 13.9 Å². The van der Waals surface area contributed by atoms with Gasteiger partial charge in [-0.3, -0.25) is 4.79 Å². The molecule has 0 N–H and O–H groups in total. The Hall–Kier alpha value is -2.62. The predicted octanol–water partition coefficient (Wildman–Crippen LogP) is 4.74. The molecule has 1 aliphatic carbocycles. The van der Waals surface area contributed by atoms with Crippen molar-refractivity contribution in [3.63, 3.8) is 0 Å². The fourth-order valence-electron chi connectivity index (χ4n) is 3.70. The number of carbonyl (C=O) groups is 1. The molecule has 0 unspecified atom stereocenters. The Labute approximate surface area is 145 Å². The summed E-state index contributed by atoms with van der Waals surface area (Å²) < 4.78 is 11.2. The topological polar surface area (TPSA) is 56.5 Å². The standard InChI is InChI=1S/C21H20O4/c1-13-18(24-20(22)14-7-3-2-4-8-14)12-11-16-15-9-5-6-10-17(15)21(23)25-19(13)16/h5-6,9-12,14H,2-4,7-8H2,1H3. The highest BCUT2D eigenvalue weighted by molar-refractivity contribution is 6.05. The monoisotopic (exact) mass is 336 g/mol. The number of hydrogen-bond donors (Lipinski definition) is 0. The summed E-state index contributed by atoms with van der Waals surface area (Å²) in [6.45, 7) is 1.82. The number of esters is 1. The van der Waals surface area contributed by atoms with E-state index in [1.54, 1.807) is 12.1 Å². The van der Waals surface area contributed by atoms with Gasteiger partial charge in [0.05, 0.1) is 11.3 Å². The average Bonchev–Trinajstić information content (AvgIpc) is 2.65. The van der Waals surface area contributed by atoms with Gasteiger partial charge in [0.15, 0.2) is 0 Å². The molecule has 1 fully saturated rings. The van der Waals surface area contributed by atoms with E-state index in [0.29, 0.717) is 22.3 Å². The summed E-state index contributed by atoms with van der Waals surface area (Å²) in [6, 6.07) is 11.0. The molecule has 4 heteroatoms. The van der Waals surface area contributed by atoms with Gasteiger partial charge in [-0.25, -0.2) is 4.79 Å². The first-order chi connectivity index (χ1) is 12.1. The van der Waals surface area contributed by atoms with Crippen LogP contribution >= 0.6 is 0 Å². The molecule has 3 aromatic rings. The number of benzene rings is 2. The molecule has 0 bridgehead atoms. The van der Waals surface area contributed by atoms with Crippen LogP contribution in [-0.2, 0) is 4.79 Å². The molecule has 1 saturated carbocycles. The van der Waals surface area contributed by atoms with E-state index in [9.17, 15) is 9.59 Å². The Balaban J connectivity index is 1.76. The number of rotatable bonds is 2. The van der Waals surface area contributed by atoms with Gasteiger partial charge < -0.3 is 9.15 Å². The van der Waals surface area contributed by atoms with Crippen molar-refractivity contribution >= 4 is 27.7 Å². The van der Waals surface area contributed by atoms with Crippen molar-refractivity contribution in [3.8, 4) is 5.75 Å². The van der Waals surface area contributed by atoms with Crippen LogP contribution in [0, 0.1) is 12.8 Å². The van der Waals surface area contributed by atoms with E-state index in [4.69, 9.17) is 9.15 Å². The van der Waals surface area contributed by atoms with Crippen LogP contribution in [-0.4, -0.2) is 5.97 Å². The Morgan fingerprint density at radius 2 is 1.72 bits per heavy atom. The molecule has 1 heterocycles. The van der Waals surface area contributed by atoms with Crippen LogP contribution in [0.25, 0.3) is 21.7 Å². The summed E-state index contributed by atoms with van der Waals surface area (Å²) in [5.41, 5.74) is 0.795. The third kappa shape index (κ3) is 2.82. The van der Waals surface area contributed by atoms with Crippen molar-refractivity contribution in [2.24, 2.45) is 5.92 Å². The molecule has 4 rings (SSSR count). The van der Waals surface area contributed by atoms with E-state index in [0.717, 1.165) is 36.5 Å². The van der Waals surface area contributed by atoms with Crippen LogP contribution in [0.5, 0.6) is 5.75 Å².